The third-order valence-corrected chi connectivity index (χ3v) is 3.95. The molecule has 2 N–H and O–H groups in total. The standard InChI is InChI=1S/C19H23NO2/c1-3-15-11-17(10-9-14(15)2)19(22)12-20-18(13-21)16-7-5-4-6-8-16/h4-11,18,20-21H,3,12-13H2,1-2H3. The molecule has 0 aliphatic heterocycles. The molecule has 3 nitrogen and oxygen atoms in total. The number of aliphatic hydroxyl groups excluding tert-OH is 1. The van der Waals surface area contributed by atoms with E-state index in [1.165, 1.54) is 11.1 Å². The maximum absolute atomic E-state index is 12.3. The summed E-state index contributed by atoms with van der Waals surface area (Å²) in [7, 11) is 0. The highest BCUT2D eigenvalue weighted by molar-refractivity contribution is 5.97. The van der Waals surface area contributed by atoms with Gasteiger partial charge in [-0.05, 0) is 36.1 Å². The SMILES string of the molecule is CCc1cc(C(=O)CNC(CO)c2ccccc2)ccc1C. The van der Waals surface area contributed by atoms with E-state index in [-0.39, 0.29) is 25.0 Å². The lowest BCUT2D eigenvalue weighted by molar-refractivity contribution is 0.0982. The maximum atomic E-state index is 12.3. The van der Waals surface area contributed by atoms with Crippen molar-refractivity contribution < 1.29 is 9.90 Å². The zero-order valence-corrected chi connectivity index (χ0v) is 13.2. The minimum absolute atomic E-state index is 0.0363. The maximum Gasteiger partial charge on any atom is 0.176 e. The van der Waals surface area contributed by atoms with E-state index in [1.54, 1.807) is 0 Å². The first-order valence-electron chi connectivity index (χ1n) is 7.67. The second-order valence-corrected chi connectivity index (χ2v) is 5.44. The molecular weight excluding hydrogens is 274 g/mol. The van der Waals surface area contributed by atoms with Crippen LogP contribution < -0.4 is 5.32 Å². The van der Waals surface area contributed by atoms with Gasteiger partial charge in [0.25, 0.3) is 0 Å². The topological polar surface area (TPSA) is 49.3 Å². The van der Waals surface area contributed by atoms with E-state index in [0.717, 1.165) is 17.5 Å². The average Bonchev–Trinajstić information content (AvgIpc) is 2.56. The molecule has 0 aliphatic rings. The summed E-state index contributed by atoms with van der Waals surface area (Å²) in [5, 5.41) is 12.6. The number of nitrogens with one attached hydrogen (secondary N) is 1. The molecule has 0 heterocycles. The second kappa shape index (κ2) is 7.87. The number of aliphatic hydroxyl groups is 1. The van der Waals surface area contributed by atoms with Gasteiger partial charge in [-0.2, -0.15) is 0 Å². The number of carbonyl (C=O) groups excluding carboxylic acids is 1. The molecule has 116 valence electrons. The van der Waals surface area contributed by atoms with Gasteiger partial charge in [-0.15, -0.1) is 0 Å². The van der Waals surface area contributed by atoms with Crippen LogP contribution in [0.2, 0.25) is 0 Å². The van der Waals surface area contributed by atoms with Crippen molar-refractivity contribution in [3.8, 4) is 0 Å². The molecule has 0 aliphatic carbocycles. The van der Waals surface area contributed by atoms with Crippen LogP contribution in [0.1, 0.15) is 40.0 Å². The molecule has 2 aromatic rings. The number of Topliss-reactive ketones (excluding diaryl/α,β-unsaturated/α-hetero) is 1. The van der Waals surface area contributed by atoms with Gasteiger partial charge in [-0.25, -0.2) is 0 Å². The third kappa shape index (κ3) is 4.03. The molecule has 1 unspecified atom stereocenters. The summed E-state index contributed by atoms with van der Waals surface area (Å²) in [6.45, 7) is 4.33. The molecule has 22 heavy (non-hydrogen) atoms. The first-order chi connectivity index (χ1) is 10.7. The number of hydrogen-bond acceptors (Lipinski definition) is 3. The van der Waals surface area contributed by atoms with Crippen molar-refractivity contribution in [2.45, 2.75) is 26.3 Å². The van der Waals surface area contributed by atoms with Gasteiger partial charge in [0.2, 0.25) is 0 Å². The number of ketones is 1. The summed E-state index contributed by atoms with van der Waals surface area (Å²) in [4.78, 5) is 12.3. The predicted molar refractivity (Wildman–Crippen MR) is 89.2 cm³/mol. The molecule has 3 heteroatoms. The molecule has 1 atom stereocenters. The number of aryl methyl sites for hydroxylation is 2. The van der Waals surface area contributed by atoms with Gasteiger partial charge >= 0.3 is 0 Å². The van der Waals surface area contributed by atoms with Crippen LogP contribution in [0.5, 0.6) is 0 Å². The van der Waals surface area contributed by atoms with E-state index in [2.05, 4.69) is 19.2 Å². The van der Waals surface area contributed by atoms with Crippen LogP contribution in [0.25, 0.3) is 0 Å². The minimum atomic E-state index is -0.221. The molecule has 0 aromatic heterocycles. The molecule has 0 saturated heterocycles. The highest BCUT2D eigenvalue weighted by atomic mass is 16.3. The summed E-state index contributed by atoms with van der Waals surface area (Å²) >= 11 is 0. The summed E-state index contributed by atoms with van der Waals surface area (Å²) < 4.78 is 0. The second-order valence-electron chi connectivity index (χ2n) is 5.44. The predicted octanol–water partition coefficient (Wildman–Crippen LogP) is 3.06. The van der Waals surface area contributed by atoms with Gasteiger partial charge in [0.1, 0.15) is 0 Å². The number of rotatable bonds is 7. The summed E-state index contributed by atoms with van der Waals surface area (Å²) in [5.41, 5.74) is 4.12. The fraction of sp³-hybridized carbons (Fsp3) is 0.316. The van der Waals surface area contributed by atoms with Crippen molar-refractivity contribution in [1.82, 2.24) is 5.32 Å². The molecule has 0 spiro atoms. The average molecular weight is 297 g/mol. The quantitative estimate of drug-likeness (QED) is 0.772. The third-order valence-electron chi connectivity index (χ3n) is 3.95. The van der Waals surface area contributed by atoms with Gasteiger partial charge in [-0.1, -0.05) is 49.4 Å². The first kappa shape index (κ1) is 16.4. The Hall–Kier alpha value is -1.97. The van der Waals surface area contributed by atoms with Crippen LogP contribution in [0.4, 0.5) is 0 Å². The zero-order valence-electron chi connectivity index (χ0n) is 13.2. The molecule has 0 fully saturated rings. The fourth-order valence-corrected chi connectivity index (χ4v) is 2.52. The lowest BCUT2D eigenvalue weighted by Gasteiger charge is -2.16. The molecule has 0 radical (unpaired) electrons. The zero-order chi connectivity index (χ0) is 15.9. The lowest BCUT2D eigenvalue weighted by atomic mass is 10.0. The van der Waals surface area contributed by atoms with E-state index < -0.39 is 0 Å². The van der Waals surface area contributed by atoms with Gasteiger partial charge in [0, 0.05) is 5.56 Å². The number of carbonyl (C=O) groups is 1. The normalized spacial score (nSPS) is 12.1. The summed E-state index contributed by atoms with van der Waals surface area (Å²) in [5.74, 6) is 0.0454. The Morgan fingerprint density at radius 1 is 1.18 bits per heavy atom. The molecule has 2 aromatic carbocycles. The number of benzene rings is 2. The highest BCUT2D eigenvalue weighted by Crippen LogP contribution is 2.14. The van der Waals surface area contributed by atoms with Gasteiger partial charge in [-0.3, -0.25) is 4.79 Å². The van der Waals surface area contributed by atoms with E-state index in [9.17, 15) is 9.90 Å². The van der Waals surface area contributed by atoms with Crippen LogP contribution in [-0.2, 0) is 6.42 Å². The van der Waals surface area contributed by atoms with Crippen molar-refractivity contribution in [3.63, 3.8) is 0 Å². The molecule has 2 rings (SSSR count). The van der Waals surface area contributed by atoms with E-state index in [1.807, 2.05) is 48.5 Å². The molecule has 0 bridgehead atoms. The highest BCUT2D eigenvalue weighted by Gasteiger charge is 2.13. The summed E-state index contributed by atoms with van der Waals surface area (Å²) in [6, 6.07) is 15.3. The van der Waals surface area contributed by atoms with Crippen molar-refractivity contribution in [2.24, 2.45) is 0 Å². The largest absolute Gasteiger partial charge is 0.394 e. The number of hydrogen-bond donors (Lipinski definition) is 2. The van der Waals surface area contributed by atoms with Crippen molar-refractivity contribution in [3.05, 3.63) is 70.8 Å². The Morgan fingerprint density at radius 3 is 2.55 bits per heavy atom. The van der Waals surface area contributed by atoms with E-state index >= 15 is 0 Å². The van der Waals surface area contributed by atoms with Crippen LogP contribution in [-0.4, -0.2) is 24.0 Å². The Bertz CT molecular complexity index is 623. The van der Waals surface area contributed by atoms with Crippen LogP contribution in [0.3, 0.4) is 0 Å². The molecule has 0 saturated carbocycles. The lowest BCUT2D eigenvalue weighted by Crippen LogP contribution is -2.30. The molecular formula is C19H23NO2. The monoisotopic (exact) mass is 297 g/mol. The Labute approximate surface area is 132 Å². The van der Waals surface area contributed by atoms with Gasteiger partial charge < -0.3 is 10.4 Å². The van der Waals surface area contributed by atoms with Crippen LogP contribution >= 0.6 is 0 Å². The van der Waals surface area contributed by atoms with E-state index in [4.69, 9.17) is 0 Å². The minimum Gasteiger partial charge on any atom is -0.394 e. The summed E-state index contributed by atoms with van der Waals surface area (Å²) in [6.07, 6.45) is 0.920. The Kier molecular flexibility index (Phi) is 5.87. The van der Waals surface area contributed by atoms with Crippen molar-refractivity contribution in [1.29, 1.82) is 0 Å². The first-order valence-corrected chi connectivity index (χ1v) is 7.67. The smallest absolute Gasteiger partial charge is 0.176 e. The van der Waals surface area contributed by atoms with Crippen molar-refractivity contribution in [2.75, 3.05) is 13.2 Å². The van der Waals surface area contributed by atoms with Crippen LogP contribution in [0.15, 0.2) is 48.5 Å². The van der Waals surface area contributed by atoms with Crippen molar-refractivity contribution >= 4 is 5.78 Å². The Morgan fingerprint density at radius 2 is 1.91 bits per heavy atom. The van der Waals surface area contributed by atoms with Gasteiger partial charge in [0.05, 0.1) is 19.2 Å². The molecule has 0 amide bonds. The fourth-order valence-electron chi connectivity index (χ4n) is 2.52. The van der Waals surface area contributed by atoms with E-state index in [0.29, 0.717) is 0 Å². The van der Waals surface area contributed by atoms with Gasteiger partial charge in [0.15, 0.2) is 5.78 Å². The Balaban J connectivity index is 2.03. The van der Waals surface area contributed by atoms with Crippen LogP contribution in [0, 0.1) is 6.92 Å².